The first kappa shape index (κ1) is 9.36. The number of rotatable bonds is 2. The van der Waals surface area contributed by atoms with Crippen LogP contribution in [0.2, 0.25) is 0 Å². The third kappa shape index (κ3) is 3.35. The first-order chi connectivity index (χ1) is 13.2. The van der Waals surface area contributed by atoms with E-state index in [2.05, 4.69) is 25.7 Å². The van der Waals surface area contributed by atoms with Gasteiger partial charge in [-0.1, -0.05) is 0 Å². The lowest BCUT2D eigenvalue weighted by Gasteiger charge is -2.62. The third-order valence-electron chi connectivity index (χ3n) is 4.65. The molecule has 4 aliphatic heterocycles. The highest BCUT2D eigenvalue weighted by Crippen LogP contribution is 2.38. The van der Waals surface area contributed by atoms with Gasteiger partial charge in [-0.3, -0.25) is 19.6 Å². The first-order valence-corrected chi connectivity index (χ1v) is 8.26. The molecule has 0 saturated carbocycles. The molecule has 0 N–H and O–H groups in total. The lowest BCUT2D eigenvalue weighted by molar-refractivity contribution is -0.129. The summed E-state index contributed by atoms with van der Waals surface area (Å²) in [5.41, 5.74) is -1.10. The van der Waals surface area contributed by atoms with E-state index in [1.54, 1.807) is 20.8 Å². The maximum absolute atomic E-state index is 8.58. The Morgan fingerprint density at radius 3 is 1.82 bits per heavy atom. The molecule has 2 atom stereocenters. The van der Waals surface area contributed by atoms with Crippen LogP contribution >= 0.6 is 0 Å². The zero-order chi connectivity index (χ0) is 23.3. The second kappa shape index (κ2) is 5.73. The Hall–Kier alpha value is -0.160. The fourth-order valence-corrected chi connectivity index (χ4v) is 3.79. The molecular formula is C18H36N4. The van der Waals surface area contributed by atoms with E-state index in [0.29, 0.717) is 25.2 Å². The largest absolute Gasteiger partial charge is 0.296 e. The van der Waals surface area contributed by atoms with E-state index in [0.717, 1.165) is 16.2 Å². The van der Waals surface area contributed by atoms with Crippen LogP contribution in [-0.2, 0) is 0 Å². The Bertz CT molecular complexity index is 645. The van der Waals surface area contributed by atoms with Gasteiger partial charge in [0, 0.05) is 73.2 Å². The molecule has 0 radical (unpaired) electrons. The van der Waals surface area contributed by atoms with Gasteiger partial charge in [0.1, 0.15) is 0 Å². The van der Waals surface area contributed by atoms with Gasteiger partial charge < -0.3 is 0 Å². The summed E-state index contributed by atoms with van der Waals surface area (Å²) in [4.78, 5) is 5.85. The number of nitrogens with zero attached hydrogens (tertiary/aromatic N) is 4. The van der Waals surface area contributed by atoms with E-state index < -0.39 is 31.5 Å². The minimum absolute atomic E-state index is 0.0240. The highest BCUT2D eigenvalue weighted by molar-refractivity contribution is 5.05. The van der Waals surface area contributed by atoms with Gasteiger partial charge in [-0.25, -0.2) is 0 Å². The van der Waals surface area contributed by atoms with Crippen LogP contribution in [0.3, 0.4) is 0 Å². The second-order valence-corrected chi connectivity index (χ2v) is 8.68. The maximum Gasteiger partial charge on any atom is 0.0508 e. The molecule has 2 bridgehead atoms. The summed E-state index contributed by atoms with van der Waals surface area (Å²) in [5.74, 6) is 0. The Balaban J connectivity index is 1.91. The lowest BCUT2D eigenvalue weighted by atomic mass is 9.82. The van der Waals surface area contributed by atoms with Crippen molar-refractivity contribution in [2.24, 2.45) is 0 Å². The monoisotopic (exact) mass is 316 g/mol. The van der Waals surface area contributed by atoms with Gasteiger partial charge in [0.05, 0.1) is 6.67 Å². The Labute approximate surface area is 148 Å². The first-order valence-electron chi connectivity index (χ1n) is 12.3. The van der Waals surface area contributed by atoms with Crippen LogP contribution < -0.4 is 0 Å². The molecule has 4 nitrogen and oxygen atoms in total. The van der Waals surface area contributed by atoms with Crippen LogP contribution in [0.5, 0.6) is 0 Å². The number of piperidine rings is 1. The molecular weight excluding hydrogens is 272 g/mol. The van der Waals surface area contributed by atoms with Crippen molar-refractivity contribution in [3.05, 3.63) is 0 Å². The summed E-state index contributed by atoms with van der Waals surface area (Å²) in [5, 5.41) is 0. The predicted octanol–water partition coefficient (Wildman–Crippen LogP) is 1.92. The average molecular weight is 317 g/mol. The van der Waals surface area contributed by atoms with E-state index in [-0.39, 0.29) is 12.2 Å². The van der Waals surface area contributed by atoms with E-state index in [1.807, 2.05) is 4.90 Å². The van der Waals surface area contributed by atoms with Crippen molar-refractivity contribution in [2.75, 3.05) is 45.7 Å². The fraction of sp³-hybridized carbons (Fsp3) is 1.00. The number of fused-ring (bicyclic) bond motifs is 2. The normalized spacial score (nSPS) is 47.5. The van der Waals surface area contributed by atoms with E-state index in [1.165, 1.54) is 0 Å². The van der Waals surface area contributed by atoms with Crippen LogP contribution in [0.15, 0.2) is 0 Å². The van der Waals surface area contributed by atoms with Gasteiger partial charge in [-0.15, -0.1) is 0 Å². The predicted molar refractivity (Wildman–Crippen MR) is 93.1 cm³/mol. The molecule has 4 fully saturated rings. The zero-order valence-corrected chi connectivity index (χ0v) is 14.8. The van der Waals surface area contributed by atoms with Crippen molar-refractivity contribution < 1.29 is 11.0 Å². The molecule has 4 aliphatic rings. The van der Waals surface area contributed by atoms with Gasteiger partial charge in [-0.2, -0.15) is 0 Å². The summed E-state index contributed by atoms with van der Waals surface area (Å²) in [7, 11) is 0. The van der Waals surface area contributed by atoms with E-state index in [4.69, 9.17) is 11.0 Å². The molecule has 2 unspecified atom stereocenters. The van der Waals surface area contributed by atoms with Crippen molar-refractivity contribution in [1.82, 2.24) is 19.6 Å². The van der Waals surface area contributed by atoms with Crippen LogP contribution in [-0.4, -0.2) is 88.5 Å². The van der Waals surface area contributed by atoms with Gasteiger partial charge in [0.15, 0.2) is 0 Å². The molecule has 128 valence electrons. The van der Waals surface area contributed by atoms with Crippen LogP contribution in [0.1, 0.15) is 58.9 Å². The molecule has 0 spiro atoms. The van der Waals surface area contributed by atoms with E-state index in [9.17, 15) is 0 Å². The Morgan fingerprint density at radius 1 is 0.818 bits per heavy atom. The van der Waals surface area contributed by atoms with Gasteiger partial charge in [0.2, 0.25) is 0 Å². The minimum atomic E-state index is -2.74. The summed E-state index contributed by atoms with van der Waals surface area (Å²) in [6.45, 7) is 1.35. The summed E-state index contributed by atoms with van der Waals surface area (Å²) < 4.78 is 68.4. The quantitative estimate of drug-likeness (QED) is 0.771. The topological polar surface area (TPSA) is 13.0 Å². The number of piperazine rings is 2. The molecule has 0 aromatic carbocycles. The van der Waals surface area contributed by atoms with E-state index >= 15 is 0 Å². The van der Waals surface area contributed by atoms with Crippen molar-refractivity contribution in [1.29, 1.82) is 0 Å². The molecule has 4 heteroatoms. The van der Waals surface area contributed by atoms with Crippen LogP contribution in [0.25, 0.3) is 0 Å². The smallest absolute Gasteiger partial charge is 0.0508 e. The lowest BCUT2D eigenvalue weighted by Crippen LogP contribution is -2.73. The van der Waals surface area contributed by atoms with Crippen molar-refractivity contribution in [3.8, 4) is 0 Å². The molecule has 4 heterocycles. The van der Waals surface area contributed by atoms with Crippen molar-refractivity contribution in [2.45, 2.75) is 71.1 Å². The Kier molecular flexibility index (Phi) is 2.44. The molecule has 0 aromatic heterocycles. The summed E-state index contributed by atoms with van der Waals surface area (Å²) >= 11 is 0. The summed E-state index contributed by atoms with van der Waals surface area (Å²) in [6.07, 6.45) is 1.05. The second-order valence-electron chi connectivity index (χ2n) is 8.68. The SMILES string of the molecule is [2H]C1([2H])N(CN2CC3CC(C2)N3C(C)(C)C)C([2H])([2H])C([2H])([2H])N(C(C)(C)C)C1([2H])[2H]. The third-order valence-corrected chi connectivity index (χ3v) is 4.65. The molecule has 22 heavy (non-hydrogen) atoms. The number of hydrogen-bond donors (Lipinski definition) is 0. The van der Waals surface area contributed by atoms with Crippen LogP contribution in [0.4, 0.5) is 0 Å². The zero-order valence-electron chi connectivity index (χ0n) is 22.8. The summed E-state index contributed by atoms with van der Waals surface area (Å²) in [6, 6.07) is 0.592. The highest BCUT2D eigenvalue weighted by atomic mass is 15.4. The molecule has 4 rings (SSSR count). The average Bonchev–Trinajstić information content (AvgIpc) is 2.47. The standard InChI is InChI=1S/C18H36N4/c1-17(2,3)21-9-7-19(8-10-21)14-20-12-15-11-16(13-20)22(15)18(4,5)6/h15-16H,7-14H2,1-6H3/i7D2,8D2,9D2,10D2. The molecule has 0 amide bonds. The van der Waals surface area contributed by atoms with Gasteiger partial charge >= 0.3 is 0 Å². The molecule has 0 aliphatic carbocycles. The number of hydrogen-bond acceptors (Lipinski definition) is 4. The van der Waals surface area contributed by atoms with Crippen LogP contribution in [0, 0.1) is 0 Å². The van der Waals surface area contributed by atoms with Gasteiger partial charge in [-0.05, 0) is 48.0 Å². The molecule has 4 saturated heterocycles. The Morgan fingerprint density at radius 2 is 1.36 bits per heavy atom. The minimum Gasteiger partial charge on any atom is -0.296 e. The van der Waals surface area contributed by atoms with Crippen molar-refractivity contribution >= 4 is 0 Å². The fourth-order valence-electron chi connectivity index (χ4n) is 3.79. The van der Waals surface area contributed by atoms with Gasteiger partial charge in [0.25, 0.3) is 0 Å². The molecule has 0 aromatic rings. The van der Waals surface area contributed by atoms with Crippen molar-refractivity contribution in [3.63, 3.8) is 0 Å². The highest BCUT2D eigenvalue weighted by Gasteiger charge is 2.49. The maximum atomic E-state index is 8.58.